The van der Waals surface area contributed by atoms with E-state index in [-0.39, 0.29) is 28.2 Å². The van der Waals surface area contributed by atoms with Crippen molar-refractivity contribution < 1.29 is 24.9 Å². The highest BCUT2D eigenvalue weighted by atomic mass is 32.1. The summed E-state index contributed by atoms with van der Waals surface area (Å²) in [5, 5.41) is 25.9. The van der Waals surface area contributed by atoms with Crippen molar-refractivity contribution in [3.63, 3.8) is 0 Å². The molecule has 21 heavy (non-hydrogen) atoms. The van der Waals surface area contributed by atoms with Gasteiger partial charge in [-0.15, -0.1) is 11.3 Å². The zero-order chi connectivity index (χ0) is 14.3. The number of aliphatic hydroxyl groups is 1. The Kier molecular flexibility index (Phi) is 11.6. The molecule has 1 aromatic heterocycles. The summed E-state index contributed by atoms with van der Waals surface area (Å²) in [4.78, 5) is 20.6. The summed E-state index contributed by atoms with van der Waals surface area (Å²) in [5.41, 5.74) is 0. The van der Waals surface area contributed by atoms with E-state index >= 15 is 0 Å². The summed E-state index contributed by atoms with van der Waals surface area (Å²) in [7, 11) is 0. The summed E-state index contributed by atoms with van der Waals surface area (Å²) >= 11 is 0.750. The fraction of sp³-hybridized carbons (Fsp3) is 0.538. The smallest absolute Gasteiger partial charge is 0.345 e. The van der Waals surface area contributed by atoms with Crippen LogP contribution in [0.1, 0.15) is 57.9 Å². The van der Waals surface area contributed by atoms with Gasteiger partial charge in [-0.2, -0.15) is 0 Å². The molecule has 0 spiro atoms. The van der Waals surface area contributed by atoms with Crippen LogP contribution < -0.4 is 12.3 Å². The second-order valence-corrected chi connectivity index (χ2v) is 5.50. The third-order valence-electron chi connectivity index (χ3n) is 2.85. The van der Waals surface area contributed by atoms with Crippen LogP contribution in [0.15, 0.2) is 12.1 Å². The van der Waals surface area contributed by atoms with Gasteiger partial charge in [-0.05, 0) is 25.0 Å². The van der Waals surface area contributed by atoms with Crippen LogP contribution in [0, 0.1) is 0 Å². The van der Waals surface area contributed by atoms with Gasteiger partial charge in [-0.3, -0.25) is 0 Å². The molecule has 9 N–H and O–H groups in total. The lowest BCUT2D eigenvalue weighted by Gasteiger charge is -2.02. The second kappa shape index (κ2) is 11.2. The van der Waals surface area contributed by atoms with Crippen molar-refractivity contribution in [1.29, 1.82) is 0 Å². The van der Waals surface area contributed by atoms with Crippen LogP contribution >= 0.6 is 11.3 Å². The Balaban J connectivity index is 0. The Bertz CT molecular complexity index is 399. The number of carboxylic acid groups (broad SMARTS) is 2. The van der Waals surface area contributed by atoms with Gasteiger partial charge >= 0.3 is 11.9 Å². The molecule has 0 aliphatic heterocycles. The molecule has 2 rings (SSSR count). The standard InChI is InChI=1S/C7H14O.C6H4O4S.2H3N/c8-7-5-3-1-2-4-6-7;7-5(8)3-1-2-4(11-3)6(9)10;;/h7-8H,1-6H2;1-2H,(H,7,8)(H,9,10);2*1H3. The van der Waals surface area contributed by atoms with Gasteiger partial charge in [0.1, 0.15) is 9.75 Å². The normalized spacial score (nSPS) is 14.5. The minimum absolute atomic E-state index is 0. The highest BCUT2D eigenvalue weighted by Gasteiger charge is 2.10. The van der Waals surface area contributed by atoms with E-state index in [1.165, 1.54) is 37.8 Å². The molecule has 0 unspecified atom stereocenters. The lowest BCUT2D eigenvalue weighted by molar-refractivity contribution is 0.0693. The van der Waals surface area contributed by atoms with Gasteiger partial charge < -0.3 is 27.6 Å². The molecule has 1 aliphatic carbocycles. The fourth-order valence-electron chi connectivity index (χ4n) is 1.83. The highest BCUT2D eigenvalue weighted by molar-refractivity contribution is 7.15. The van der Waals surface area contributed by atoms with E-state index in [1.54, 1.807) is 0 Å². The molecule has 1 heterocycles. The van der Waals surface area contributed by atoms with Crippen LogP contribution in [-0.2, 0) is 0 Å². The largest absolute Gasteiger partial charge is 0.477 e. The Labute approximate surface area is 127 Å². The number of aromatic carboxylic acids is 2. The molecule has 0 bridgehead atoms. The number of thiophene rings is 1. The lowest BCUT2D eigenvalue weighted by atomic mass is 10.2. The molecule has 8 heteroatoms. The Morgan fingerprint density at radius 2 is 1.29 bits per heavy atom. The molecule has 0 atom stereocenters. The zero-order valence-electron chi connectivity index (χ0n) is 12.0. The minimum Gasteiger partial charge on any atom is -0.477 e. The summed E-state index contributed by atoms with van der Waals surface area (Å²) in [6, 6.07) is 2.55. The summed E-state index contributed by atoms with van der Waals surface area (Å²) in [5.74, 6) is -2.19. The van der Waals surface area contributed by atoms with E-state index in [2.05, 4.69) is 0 Å². The van der Waals surface area contributed by atoms with Crippen molar-refractivity contribution in [1.82, 2.24) is 12.3 Å². The molecule has 1 aromatic rings. The molecule has 7 nitrogen and oxygen atoms in total. The Morgan fingerprint density at radius 1 is 0.905 bits per heavy atom. The molecule has 1 fully saturated rings. The molecule has 0 amide bonds. The van der Waals surface area contributed by atoms with Gasteiger partial charge in [0.15, 0.2) is 0 Å². The Morgan fingerprint density at radius 3 is 1.57 bits per heavy atom. The first-order valence-corrected chi connectivity index (χ1v) is 7.07. The van der Waals surface area contributed by atoms with Gasteiger partial charge in [0.05, 0.1) is 6.10 Å². The van der Waals surface area contributed by atoms with Gasteiger partial charge in [-0.25, -0.2) is 9.59 Å². The first-order chi connectivity index (χ1) is 9.00. The summed E-state index contributed by atoms with van der Waals surface area (Å²) < 4.78 is 0. The average molecular weight is 320 g/mol. The summed E-state index contributed by atoms with van der Waals surface area (Å²) in [6.07, 6.45) is 7.24. The maximum Gasteiger partial charge on any atom is 0.345 e. The van der Waals surface area contributed by atoms with Crippen LogP contribution in [0.4, 0.5) is 0 Å². The Hall–Kier alpha value is -1.48. The molecular weight excluding hydrogens is 296 g/mol. The number of rotatable bonds is 2. The monoisotopic (exact) mass is 320 g/mol. The zero-order valence-corrected chi connectivity index (χ0v) is 12.8. The number of hydrogen-bond donors (Lipinski definition) is 5. The van der Waals surface area contributed by atoms with Crippen LogP contribution in [0.25, 0.3) is 0 Å². The van der Waals surface area contributed by atoms with Crippen LogP contribution in [0.2, 0.25) is 0 Å². The van der Waals surface area contributed by atoms with Crippen molar-refractivity contribution in [3.05, 3.63) is 21.9 Å². The van der Waals surface area contributed by atoms with Gasteiger partial charge in [0, 0.05) is 0 Å². The van der Waals surface area contributed by atoms with Crippen molar-refractivity contribution >= 4 is 23.3 Å². The van der Waals surface area contributed by atoms with E-state index in [1.807, 2.05) is 0 Å². The van der Waals surface area contributed by atoms with Crippen molar-refractivity contribution in [2.45, 2.75) is 44.6 Å². The topological polar surface area (TPSA) is 165 Å². The molecule has 1 aliphatic rings. The minimum atomic E-state index is -1.09. The van der Waals surface area contributed by atoms with Crippen molar-refractivity contribution in [2.75, 3.05) is 0 Å². The molecular formula is C13H24N2O5S. The molecule has 0 radical (unpaired) electrons. The van der Waals surface area contributed by atoms with Crippen molar-refractivity contribution in [2.24, 2.45) is 0 Å². The predicted molar refractivity (Wildman–Crippen MR) is 82.0 cm³/mol. The van der Waals surface area contributed by atoms with Gasteiger partial charge in [0.25, 0.3) is 0 Å². The second-order valence-electron chi connectivity index (χ2n) is 4.42. The van der Waals surface area contributed by atoms with E-state index in [0.717, 1.165) is 24.2 Å². The number of carboxylic acids is 2. The SMILES string of the molecule is N.N.O=C(O)c1ccc(C(=O)O)s1.OC1CCCCCC1. The van der Waals surface area contributed by atoms with Crippen molar-refractivity contribution in [3.8, 4) is 0 Å². The molecule has 0 saturated heterocycles. The maximum atomic E-state index is 10.3. The predicted octanol–water partition coefficient (Wildman–Crippen LogP) is 3.17. The maximum absolute atomic E-state index is 10.3. The van der Waals surface area contributed by atoms with E-state index in [0.29, 0.717) is 0 Å². The fourth-order valence-corrected chi connectivity index (χ4v) is 2.51. The average Bonchev–Trinajstić information content (AvgIpc) is 2.74. The summed E-state index contributed by atoms with van der Waals surface area (Å²) in [6.45, 7) is 0. The quantitative estimate of drug-likeness (QED) is 0.522. The lowest BCUT2D eigenvalue weighted by Crippen LogP contribution is -2.02. The third-order valence-corrected chi connectivity index (χ3v) is 3.91. The molecule has 1 saturated carbocycles. The number of carbonyl (C=O) groups is 2. The highest BCUT2D eigenvalue weighted by Crippen LogP contribution is 2.16. The number of hydrogen-bond acceptors (Lipinski definition) is 6. The molecule has 0 aromatic carbocycles. The van der Waals surface area contributed by atoms with E-state index in [9.17, 15) is 9.59 Å². The number of aliphatic hydroxyl groups excluding tert-OH is 1. The van der Waals surface area contributed by atoms with E-state index < -0.39 is 11.9 Å². The van der Waals surface area contributed by atoms with E-state index in [4.69, 9.17) is 15.3 Å². The van der Waals surface area contributed by atoms with Crippen LogP contribution in [0.5, 0.6) is 0 Å². The third kappa shape index (κ3) is 8.41. The van der Waals surface area contributed by atoms with Crippen LogP contribution in [0.3, 0.4) is 0 Å². The molecule has 122 valence electrons. The first kappa shape index (κ1) is 21.8. The van der Waals surface area contributed by atoms with Gasteiger partial charge in [0.2, 0.25) is 0 Å². The van der Waals surface area contributed by atoms with Gasteiger partial charge in [-0.1, -0.05) is 25.7 Å². The first-order valence-electron chi connectivity index (χ1n) is 6.25. The van der Waals surface area contributed by atoms with Crippen LogP contribution in [-0.4, -0.2) is 33.4 Å².